The first-order valence-electron chi connectivity index (χ1n) is 16.3. The van der Waals surface area contributed by atoms with Gasteiger partial charge in [-0.1, -0.05) is 24.3 Å². The fraction of sp³-hybridized carbons (Fsp3) is 0.316. The molecule has 0 saturated heterocycles. The fourth-order valence-corrected chi connectivity index (χ4v) is 6.27. The molecule has 0 atom stereocenters. The van der Waals surface area contributed by atoms with Crippen molar-refractivity contribution >= 4 is 22.1 Å². The minimum atomic E-state index is 0.560. The highest BCUT2D eigenvalue weighted by atomic mass is 16.5. The normalized spacial score (nSPS) is 11.4. The summed E-state index contributed by atoms with van der Waals surface area (Å²) >= 11 is 0. The van der Waals surface area contributed by atoms with E-state index >= 15 is 0 Å². The lowest BCUT2D eigenvalue weighted by molar-refractivity contribution is 0.177. The lowest BCUT2D eigenvalue weighted by Gasteiger charge is -2.28. The Morgan fingerprint density at radius 2 is 0.840 bits per heavy atom. The molecule has 0 spiro atoms. The first kappa shape index (κ1) is 34.4. The van der Waals surface area contributed by atoms with Crippen LogP contribution in [0.2, 0.25) is 0 Å². The molecule has 0 bridgehead atoms. The number of nitrogens with one attached hydrogen (secondary N) is 2. The van der Waals surface area contributed by atoms with Crippen LogP contribution < -0.4 is 28.4 Å². The van der Waals surface area contributed by atoms with Crippen molar-refractivity contribution in [3.63, 3.8) is 0 Å². The van der Waals surface area contributed by atoms with Crippen molar-refractivity contribution in [3.05, 3.63) is 95.6 Å². The van der Waals surface area contributed by atoms with Crippen LogP contribution in [0.4, 0.5) is 0 Å². The van der Waals surface area contributed by atoms with Gasteiger partial charge in [0.05, 0.1) is 77.8 Å². The third kappa shape index (κ3) is 7.72. The Labute approximate surface area is 291 Å². The minimum Gasteiger partial charge on any atom is -0.493 e. The van der Waals surface area contributed by atoms with Crippen LogP contribution in [0, 0.1) is 0 Å². The maximum Gasteiger partial charge on any atom is 0.203 e. The second-order valence-corrected chi connectivity index (χ2v) is 11.9. The van der Waals surface area contributed by atoms with Gasteiger partial charge >= 0.3 is 0 Å². The number of aromatic amines is 2. The lowest BCUT2D eigenvalue weighted by Crippen LogP contribution is -2.34. The van der Waals surface area contributed by atoms with Crippen molar-refractivity contribution in [1.29, 1.82) is 0 Å². The van der Waals surface area contributed by atoms with Crippen molar-refractivity contribution in [3.8, 4) is 34.5 Å². The summed E-state index contributed by atoms with van der Waals surface area (Å²) in [5.74, 6) is 5.33. The number of para-hydroxylation sites is 4. The quantitative estimate of drug-likeness (QED) is 0.115. The van der Waals surface area contributed by atoms with E-state index in [-0.39, 0.29) is 0 Å². The van der Waals surface area contributed by atoms with Crippen LogP contribution in [0.25, 0.3) is 22.1 Å². The van der Waals surface area contributed by atoms with Gasteiger partial charge in [0.25, 0.3) is 0 Å². The number of hydrogen-bond acceptors (Lipinski definition) is 10. The monoisotopic (exact) mass is 680 g/mol. The molecule has 12 nitrogen and oxygen atoms in total. The predicted octanol–water partition coefficient (Wildman–Crippen LogP) is 6.20. The van der Waals surface area contributed by atoms with Gasteiger partial charge < -0.3 is 38.4 Å². The van der Waals surface area contributed by atoms with Crippen LogP contribution in [-0.2, 0) is 26.2 Å². The smallest absolute Gasteiger partial charge is 0.203 e. The molecule has 0 aliphatic heterocycles. The highest BCUT2D eigenvalue weighted by Crippen LogP contribution is 2.39. The largest absolute Gasteiger partial charge is 0.493 e. The molecule has 6 aromatic rings. The maximum absolute atomic E-state index is 5.68. The highest BCUT2D eigenvalue weighted by molar-refractivity contribution is 5.75. The number of imidazole rings is 2. The molecule has 4 aromatic carbocycles. The van der Waals surface area contributed by atoms with E-state index in [4.69, 9.17) is 38.4 Å². The standard InChI is InChI=1S/C38H44N6O6/c1-45-31-17-25(18-32(46-2)37(31)49-5)21-43(23-35-39-27-11-7-8-12-28(27)40-35)15-16-44(24-36-41-29-13-9-10-14-30(29)42-36)22-26-19-33(47-3)38(50-6)34(20-26)48-4/h7-14,17-20H,15-16,21-24H2,1-6H3,(H,39,40)(H,41,42). The zero-order chi connectivity index (χ0) is 35.0. The summed E-state index contributed by atoms with van der Waals surface area (Å²) < 4.78 is 33.9. The average molecular weight is 681 g/mol. The van der Waals surface area contributed by atoms with Gasteiger partial charge in [-0.15, -0.1) is 0 Å². The lowest BCUT2D eigenvalue weighted by atomic mass is 10.1. The molecule has 2 heterocycles. The number of fused-ring (bicyclic) bond motifs is 2. The van der Waals surface area contributed by atoms with Crippen molar-refractivity contribution in [2.24, 2.45) is 0 Å². The average Bonchev–Trinajstić information content (AvgIpc) is 3.75. The SMILES string of the molecule is COc1cc(CN(CCN(Cc2cc(OC)c(OC)c(OC)c2)Cc2nc3ccccc3[nH]2)Cc2nc3ccccc3[nH]2)cc(OC)c1OC. The molecule has 0 unspecified atom stereocenters. The van der Waals surface area contributed by atoms with Crippen LogP contribution in [0.3, 0.4) is 0 Å². The van der Waals surface area contributed by atoms with Crippen LogP contribution >= 0.6 is 0 Å². The minimum absolute atomic E-state index is 0.560. The Balaban J connectivity index is 1.32. The summed E-state index contributed by atoms with van der Waals surface area (Å²) in [4.78, 5) is 21.5. The van der Waals surface area contributed by atoms with Crippen molar-refractivity contribution in [2.75, 3.05) is 55.7 Å². The Bertz CT molecular complexity index is 1780. The van der Waals surface area contributed by atoms with Gasteiger partial charge in [-0.3, -0.25) is 9.80 Å². The molecule has 262 valence electrons. The fourth-order valence-electron chi connectivity index (χ4n) is 6.27. The summed E-state index contributed by atoms with van der Waals surface area (Å²) in [7, 11) is 9.74. The molecule has 2 aromatic heterocycles. The van der Waals surface area contributed by atoms with Gasteiger partial charge in [0.2, 0.25) is 11.5 Å². The third-order valence-electron chi connectivity index (χ3n) is 8.62. The van der Waals surface area contributed by atoms with E-state index in [2.05, 4.69) is 19.8 Å². The van der Waals surface area contributed by atoms with Gasteiger partial charge in [-0.05, 0) is 59.7 Å². The number of aromatic nitrogens is 4. The van der Waals surface area contributed by atoms with E-state index in [0.29, 0.717) is 73.8 Å². The Morgan fingerprint density at radius 1 is 0.480 bits per heavy atom. The molecule has 0 amide bonds. The van der Waals surface area contributed by atoms with Gasteiger partial charge in [0, 0.05) is 26.2 Å². The molecule has 0 aliphatic rings. The number of rotatable bonds is 17. The summed E-state index contributed by atoms with van der Waals surface area (Å²) in [6, 6.07) is 24.1. The first-order chi connectivity index (χ1) is 24.4. The summed E-state index contributed by atoms with van der Waals surface area (Å²) in [5, 5.41) is 0. The summed E-state index contributed by atoms with van der Waals surface area (Å²) in [5.41, 5.74) is 5.91. The van der Waals surface area contributed by atoms with E-state index in [1.807, 2.05) is 72.8 Å². The number of nitrogens with zero attached hydrogens (tertiary/aromatic N) is 4. The van der Waals surface area contributed by atoms with Gasteiger partial charge in [-0.2, -0.15) is 0 Å². The number of benzene rings is 4. The van der Waals surface area contributed by atoms with E-state index in [1.165, 1.54) is 0 Å². The predicted molar refractivity (Wildman–Crippen MR) is 193 cm³/mol. The highest BCUT2D eigenvalue weighted by Gasteiger charge is 2.20. The Kier molecular flexibility index (Phi) is 10.9. The summed E-state index contributed by atoms with van der Waals surface area (Å²) in [6.07, 6.45) is 0. The second-order valence-electron chi connectivity index (χ2n) is 11.9. The zero-order valence-electron chi connectivity index (χ0n) is 29.4. The molecule has 0 saturated carbocycles. The van der Waals surface area contributed by atoms with Crippen molar-refractivity contribution in [2.45, 2.75) is 26.2 Å². The van der Waals surface area contributed by atoms with Crippen LogP contribution in [0.5, 0.6) is 34.5 Å². The van der Waals surface area contributed by atoms with Crippen LogP contribution in [0.15, 0.2) is 72.8 Å². The molecule has 0 radical (unpaired) electrons. The van der Waals surface area contributed by atoms with Crippen molar-refractivity contribution < 1.29 is 28.4 Å². The van der Waals surface area contributed by atoms with E-state index in [1.54, 1.807) is 42.7 Å². The number of methoxy groups -OCH3 is 6. The number of H-pyrrole nitrogens is 2. The first-order valence-corrected chi connectivity index (χ1v) is 16.3. The molecular formula is C38H44N6O6. The van der Waals surface area contributed by atoms with Gasteiger partial charge in [-0.25, -0.2) is 9.97 Å². The van der Waals surface area contributed by atoms with E-state index in [9.17, 15) is 0 Å². The summed E-state index contributed by atoms with van der Waals surface area (Å²) in [6.45, 7) is 3.81. The van der Waals surface area contributed by atoms with Gasteiger partial charge in [0.1, 0.15) is 11.6 Å². The van der Waals surface area contributed by atoms with E-state index in [0.717, 1.165) is 44.8 Å². The molecule has 0 aliphatic carbocycles. The molecule has 12 heteroatoms. The second kappa shape index (κ2) is 15.8. The zero-order valence-corrected chi connectivity index (χ0v) is 29.4. The Morgan fingerprint density at radius 3 is 1.16 bits per heavy atom. The van der Waals surface area contributed by atoms with Crippen LogP contribution in [0.1, 0.15) is 22.8 Å². The molecular weight excluding hydrogens is 636 g/mol. The molecule has 6 rings (SSSR count). The molecule has 0 fully saturated rings. The topological polar surface area (TPSA) is 119 Å². The number of ether oxygens (including phenoxy) is 6. The third-order valence-corrected chi connectivity index (χ3v) is 8.62. The number of hydrogen-bond donors (Lipinski definition) is 2. The van der Waals surface area contributed by atoms with Crippen molar-refractivity contribution in [1.82, 2.24) is 29.7 Å². The van der Waals surface area contributed by atoms with Crippen LogP contribution in [-0.4, -0.2) is 85.5 Å². The Hall–Kier alpha value is -5.46. The van der Waals surface area contributed by atoms with E-state index < -0.39 is 0 Å². The maximum atomic E-state index is 5.68. The molecule has 50 heavy (non-hydrogen) atoms. The van der Waals surface area contributed by atoms with Gasteiger partial charge in [0.15, 0.2) is 23.0 Å². The molecule has 2 N–H and O–H groups in total.